The van der Waals surface area contributed by atoms with E-state index in [9.17, 15) is 13.2 Å². The normalized spacial score (nSPS) is 12.4. The number of alkyl halides is 3. The fraction of sp³-hybridized carbons (Fsp3) is 0.167. The maximum Gasteiger partial charge on any atom is 0.416 e. The standard InChI is InChI=1S/C54H46F3N3/c1-52(2,3)38-21-29-42(30-22-38)59(43-31-23-39(24-32-43)53(4,5)6)41-27-19-36(20-28-41)35-15-17-37(18-16-35)51-58-49-47-13-9-7-11-45(47)46-12-8-10-14-48(46)50(49)60(51)44-33-25-40(26-34-44)54(55,56)57/h7-34H,1-6H3. The Morgan fingerprint density at radius 3 is 1.27 bits per heavy atom. The Balaban J connectivity index is 1.12. The van der Waals surface area contributed by atoms with E-state index in [1.165, 1.54) is 23.3 Å². The lowest BCUT2D eigenvalue weighted by atomic mass is 9.86. The molecule has 1 aromatic heterocycles. The average Bonchev–Trinajstić information content (AvgIpc) is 3.65. The van der Waals surface area contributed by atoms with E-state index in [-0.39, 0.29) is 10.8 Å². The van der Waals surface area contributed by atoms with Gasteiger partial charge < -0.3 is 4.90 Å². The summed E-state index contributed by atoms with van der Waals surface area (Å²) < 4.78 is 43.1. The van der Waals surface area contributed by atoms with Gasteiger partial charge in [0.1, 0.15) is 5.82 Å². The molecule has 0 unspecified atom stereocenters. The third-order valence-corrected chi connectivity index (χ3v) is 11.6. The number of hydrogen-bond acceptors (Lipinski definition) is 2. The minimum Gasteiger partial charge on any atom is -0.311 e. The zero-order valence-corrected chi connectivity index (χ0v) is 34.6. The predicted octanol–water partition coefficient (Wildman–Crippen LogP) is 15.7. The third-order valence-electron chi connectivity index (χ3n) is 11.6. The summed E-state index contributed by atoms with van der Waals surface area (Å²) in [4.78, 5) is 7.57. The van der Waals surface area contributed by atoms with E-state index in [1.807, 2.05) is 28.8 Å². The van der Waals surface area contributed by atoms with E-state index in [4.69, 9.17) is 4.98 Å². The van der Waals surface area contributed by atoms with E-state index < -0.39 is 11.7 Å². The second-order valence-electron chi connectivity index (χ2n) is 17.7. The Kier molecular flexibility index (Phi) is 9.42. The highest BCUT2D eigenvalue weighted by Crippen LogP contribution is 2.41. The lowest BCUT2D eigenvalue weighted by Gasteiger charge is -2.28. The van der Waals surface area contributed by atoms with Gasteiger partial charge in [0.05, 0.1) is 16.6 Å². The van der Waals surface area contributed by atoms with E-state index in [1.54, 1.807) is 0 Å². The molecule has 0 spiro atoms. The molecule has 0 bridgehead atoms. The first-order valence-corrected chi connectivity index (χ1v) is 20.4. The fourth-order valence-electron chi connectivity index (χ4n) is 8.23. The van der Waals surface area contributed by atoms with Gasteiger partial charge in [-0.25, -0.2) is 4.98 Å². The molecule has 0 radical (unpaired) electrons. The van der Waals surface area contributed by atoms with Crippen molar-refractivity contribution in [3.63, 3.8) is 0 Å². The average molecular weight is 794 g/mol. The molecule has 0 fully saturated rings. The molecule has 0 atom stereocenters. The summed E-state index contributed by atoms with van der Waals surface area (Å²) in [6, 6.07) is 56.3. The molecule has 0 aliphatic heterocycles. The van der Waals surface area contributed by atoms with Crippen LogP contribution in [0.1, 0.15) is 58.2 Å². The van der Waals surface area contributed by atoms with Gasteiger partial charge in [-0.2, -0.15) is 13.2 Å². The Hall–Kier alpha value is -6.66. The molecule has 9 rings (SSSR count). The Labute approximate surface area is 349 Å². The molecule has 3 nitrogen and oxygen atoms in total. The van der Waals surface area contributed by atoms with Crippen molar-refractivity contribution in [2.75, 3.05) is 4.90 Å². The number of halogens is 3. The number of benzene rings is 8. The zero-order valence-electron chi connectivity index (χ0n) is 34.6. The molecule has 0 aliphatic carbocycles. The third kappa shape index (κ3) is 7.10. The first kappa shape index (κ1) is 38.8. The van der Waals surface area contributed by atoms with Crippen molar-refractivity contribution in [1.29, 1.82) is 0 Å². The summed E-state index contributed by atoms with van der Waals surface area (Å²) in [7, 11) is 0. The van der Waals surface area contributed by atoms with Crippen LogP contribution in [-0.2, 0) is 17.0 Å². The van der Waals surface area contributed by atoms with Gasteiger partial charge in [0.15, 0.2) is 0 Å². The largest absolute Gasteiger partial charge is 0.416 e. The summed E-state index contributed by atoms with van der Waals surface area (Å²) in [5.41, 5.74) is 10.4. The Bertz CT molecular complexity index is 2920. The lowest BCUT2D eigenvalue weighted by Crippen LogP contribution is -2.14. The number of imidazole rings is 1. The van der Waals surface area contributed by atoms with Crippen LogP contribution in [0.3, 0.4) is 0 Å². The second kappa shape index (κ2) is 14.6. The van der Waals surface area contributed by atoms with Crippen molar-refractivity contribution in [3.05, 3.63) is 187 Å². The fourth-order valence-corrected chi connectivity index (χ4v) is 8.23. The molecule has 0 saturated heterocycles. The number of hydrogen-bond donors (Lipinski definition) is 0. The number of anilines is 3. The van der Waals surface area contributed by atoms with Crippen molar-refractivity contribution < 1.29 is 13.2 Å². The minimum atomic E-state index is -4.44. The molecule has 298 valence electrons. The summed E-state index contributed by atoms with van der Waals surface area (Å²) >= 11 is 0. The second-order valence-corrected chi connectivity index (χ2v) is 17.7. The van der Waals surface area contributed by atoms with Crippen molar-refractivity contribution in [2.24, 2.45) is 0 Å². The van der Waals surface area contributed by atoms with Gasteiger partial charge in [0, 0.05) is 39.1 Å². The molecule has 9 aromatic rings. The van der Waals surface area contributed by atoms with Crippen LogP contribution in [0.4, 0.5) is 30.2 Å². The molecule has 8 aromatic carbocycles. The van der Waals surface area contributed by atoms with Crippen LogP contribution in [0, 0.1) is 0 Å². The van der Waals surface area contributed by atoms with Crippen molar-refractivity contribution >= 4 is 49.6 Å². The van der Waals surface area contributed by atoms with Crippen LogP contribution < -0.4 is 4.90 Å². The maximum absolute atomic E-state index is 13.7. The van der Waals surface area contributed by atoms with E-state index >= 15 is 0 Å². The molecule has 0 amide bonds. The molecule has 6 heteroatoms. The van der Waals surface area contributed by atoms with Gasteiger partial charge in [-0.15, -0.1) is 0 Å². The molecule has 60 heavy (non-hydrogen) atoms. The smallest absolute Gasteiger partial charge is 0.311 e. The molecule has 0 saturated carbocycles. The van der Waals surface area contributed by atoms with Gasteiger partial charge in [-0.05, 0) is 105 Å². The summed E-state index contributed by atoms with van der Waals surface area (Å²) in [6.07, 6.45) is -4.44. The number of rotatable bonds is 6. The molecule has 0 aliphatic rings. The summed E-state index contributed by atoms with van der Waals surface area (Å²) in [5, 5.41) is 4.09. The van der Waals surface area contributed by atoms with E-state index in [0.717, 1.165) is 78.5 Å². The van der Waals surface area contributed by atoms with Crippen LogP contribution >= 0.6 is 0 Å². The van der Waals surface area contributed by atoms with Crippen molar-refractivity contribution in [1.82, 2.24) is 9.55 Å². The summed E-state index contributed by atoms with van der Waals surface area (Å²) in [5.74, 6) is 0.652. The van der Waals surface area contributed by atoms with E-state index in [0.29, 0.717) is 11.5 Å². The van der Waals surface area contributed by atoms with Crippen molar-refractivity contribution in [3.8, 4) is 28.2 Å². The monoisotopic (exact) mass is 793 g/mol. The van der Waals surface area contributed by atoms with Crippen LogP contribution in [-0.4, -0.2) is 9.55 Å². The number of aromatic nitrogens is 2. The Morgan fingerprint density at radius 1 is 0.417 bits per heavy atom. The zero-order chi connectivity index (χ0) is 42.0. The SMILES string of the molecule is CC(C)(C)c1ccc(N(c2ccc(-c3ccc(-c4nc5c6ccccc6c6ccccc6c5n4-c4ccc(C(F)(F)F)cc4)cc3)cc2)c2ccc(C(C)(C)C)cc2)cc1. The Morgan fingerprint density at radius 2 is 0.800 bits per heavy atom. The van der Waals surface area contributed by atoms with E-state index in [2.05, 4.69) is 168 Å². The quantitative estimate of drug-likeness (QED) is 0.156. The van der Waals surface area contributed by atoms with Crippen LogP contribution in [0.5, 0.6) is 0 Å². The highest BCUT2D eigenvalue weighted by molar-refractivity contribution is 6.24. The molecule has 0 N–H and O–H groups in total. The topological polar surface area (TPSA) is 21.1 Å². The van der Waals surface area contributed by atoms with Gasteiger partial charge in [0.25, 0.3) is 0 Å². The van der Waals surface area contributed by atoms with Gasteiger partial charge in [-0.1, -0.05) is 151 Å². The van der Waals surface area contributed by atoms with Crippen LogP contribution in [0.2, 0.25) is 0 Å². The first-order chi connectivity index (χ1) is 28.6. The lowest BCUT2D eigenvalue weighted by molar-refractivity contribution is -0.137. The molecule has 1 heterocycles. The predicted molar refractivity (Wildman–Crippen MR) is 244 cm³/mol. The minimum absolute atomic E-state index is 0.0481. The maximum atomic E-state index is 13.7. The number of fused-ring (bicyclic) bond motifs is 6. The van der Waals surface area contributed by atoms with Gasteiger partial charge >= 0.3 is 6.18 Å². The first-order valence-electron chi connectivity index (χ1n) is 20.4. The van der Waals surface area contributed by atoms with Crippen LogP contribution in [0.25, 0.3) is 60.8 Å². The summed E-state index contributed by atoms with van der Waals surface area (Å²) in [6.45, 7) is 13.4. The van der Waals surface area contributed by atoms with Gasteiger partial charge in [-0.3, -0.25) is 4.57 Å². The molecular formula is C54H46F3N3. The highest BCUT2D eigenvalue weighted by atomic mass is 19.4. The highest BCUT2D eigenvalue weighted by Gasteiger charge is 2.30. The van der Waals surface area contributed by atoms with Crippen molar-refractivity contribution in [2.45, 2.75) is 58.5 Å². The van der Waals surface area contributed by atoms with Gasteiger partial charge in [0.2, 0.25) is 0 Å². The van der Waals surface area contributed by atoms with Crippen LogP contribution in [0.15, 0.2) is 170 Å². The number of nitrogens with zero attached hydrogens (tertiary/aromatic N) is 3. The molecular weight excluding hydrogens is 748 g/mol.